The van der Waals surface area contributed by atoms with Crippen LogP contribution in [0.15, 0.2) is 18.2 Å². The van der Waals surface area contributed by atoms with Crippen molar-refractivity contribution in [2.24, 2.45) is 0 Å². The third-order valence-corrected chi connectivity index (χ3v) is 3.00. The molecule has 0 atom stereocenters. The number of benzene rings is 1. The Morgan fingerprint density at radius 3 is 2.41 bits per heavy atom. The molecule has 1 heterocycles. The zero-order chi connectivity index (χ0) is 12.5. The Kier molecular flexibility index (Phi) is 3.17. The van der Waals surface area contributed by atoms with Crippen LogP contribution in [0.5, 0.6) is 5.75 Å². The maximum atomic E-state index is 13.5. The van der Waals surface area contributed by atoms with Crippen molar-refractivity contribution in [1.29, 1.82) is 0 Å². The zero-order valence-electron chi connectivity index (χ0n) is 9.55. The molecular formula is C12H14F3NO. The van der Waals surface area contributed by atoms with Crippen molar-refractivity contribution >= 4 is 5.69 Å². The minimum absolute atomic E-state index is 0.163. The van der Waals surface area contributed by atoms with Gasteiger partial charge in [-0.1, -0.05) is 0 Å². The molecule has 1 aromatic carbocycles. The van der Waals surface area contributed by atoms with Gasteiger partial charge in [0.15, 0.2) is 11.6 Å². The molecule has 94 valence electrons. The molecule has 0 amide bonds. The molecule has 0 aromatic heterocycles. The highest BCUT2D eigenvalue weighted by atomic mass is 19.3. The Bertz CT molecular complexity index is 399. The number of methoxy groups -OCH3 is 1. The Labute approximate surface area is 98.0 Å². The predicted octanol–water partition coefficient (Wildman–Crippen LogP) is 3.07. The molecule has 0 aliphatic carbocycles. The van der Waals surface area contributed by atoms with Crippen molar-refractivity contribution in [3.8, 4) is 5.75 Å². The summed E-state index contributed by atoms with van der Waals surface area (Å²) in [5.41, 5.74) is 0.624. The van der Waals surface area contributed by atoms with E-state index >= 15 is 0 Å². The number of hydrogen-bond acceptors (Lipinski definition) is 2. The number of ether oxygens (including phenoxy) is 1. The summed E-state index contributed by atoms with van der Waals surface area (Å²) in [4.78, 5) is 1.76. The maximum Gasteiger partial charge on any atom is 0.251 e. The van der Waals surface area contributed by atoms with Crippen LogP contribution >= 0.6 is 0 Å². The van der Waals surface area contributed by atoms with Gasteiger partial charge in [0, 0.05) is 37.7 Å². The molecule has 1 fully saturated rings. The average Bonchev–Trinajstić information content (AvgIpc) is 2.29. The first-order valence-electron chi connectivity index (χ1n) is 5.48. The van der Waals surface area contributed by atoms with Crippen molar-refractivity contribution in [2.45, 2.75) is 18.8 Å². The van der Waals surface area contributed by atoms with Crippen LogP contribution in [0.25, 0.3) is 0 Å². The van der Waals surface area contributed by atoms with Crippen molar-refractivity contribution in [3.05, 3.63) is 24.0 Å². The Balaban J connectivity index is 2.11. The second-order valence-electron chi connectivity index (χ2n) is 4.16. The van der Waals surface area contributed by atoms with Gasteiger partial charge in [0.2, 0.25) is 0 Å². The number of hydrogen-bond donors (Lipinski definition) is 0. The van der Waals surface area contributed by atoms with Gasteiger partial charge in [-0.2, -0.15) is 0 Å². The first-order valence-corrected chi connectivity index (χ1v) is 5.48. The molecule has 1 saturated heterocycles. The number of rotatable bonds is 2. The molecule has 2 rings (SSSR count). The fourth-order valence-corrected chi connectivity index (χ4v) is 1.94. The molecule has 1 aromatic rings. The van der Waals surface area contributed by atoms with Crippen LogP contribution in [0.2, 0.25) is 0 Å². The molecule has 2 nitrogen and oxygen atoms in total. The van der Waals surface area contributed by atoms with Gasteiger partial charge < -0.3 is 9.64 Å². The molecule has 0 bridgehead atoms. The van der Waals surface area contributed by atoms with Gasteiger partial charge >= 0.3 is 0 Å². The lowest BCUT2D eigenvalue weighted by Crippen LogP contribution is -2.39. The summed E-state index contributed by atoms with van der Waals surface area (Å²) in [5.74, 6) is -2.89. The fourth-order valence-electron chi connectivity index (χ4n) is 1.94. The third kappa shape index (κ3) is 2.65. The second-order valence-corrected chi connectivity index (χ2v) is 4.16. The van der Waals surface area contributed by atoms with E-state index in [1.54, 1.807) is 11.0 Å². The summed E-state index contributed by atoms with van der Waals surface area (Å²) >= 11 is 0. The highest BCUT2D eigenvalue weighted by Crippen LogP contribution is 2.31. The SMILES string of the molecule is COc1ccc(N2CCC(F)(F)CC2)cc1F. The predicted molar refractivity (Wildman–Crippen MR) is 59.3 cm³/mol. The number of alkyl halides is 2. The van der Waals surface area contributed by atoms with Crippen molar-refractivity contribution in [1.82, 2.24) is 0 Å². The van der Waals surface area contributed by atoms with E-state index in [9.17, 15) is 13.2 Å². The minimum Gasteiger partial charge on any atom is -0.494 e. The first kappa shape index (κ1) is 12.1. The van der Waals surface area contributed by atoms with Crippen LogP contribution in [-0.2, 0) is 0 Å². The van der Waals surface area contributed by atoms with Crippen molar-refractivity contribution < 1.29 is 17.9 Å². The lowest BCUT2D eigenvalue weighted by atomic mass is 10.1. The molecule has 0 N–H and O–H groups in total. The molecule has 0 radical (unpaired) electrons. The van der Waals surface area contributed by atoms with E-state index in [1.165, 1.54) is 19.2 Å². The van der Waals surface area contributed by atoms with E-state index in [0.29, 0.717) is 5.69 Å². The van der Waals surface area contributed by atoms with E-state index in [-0.39, 0.29) is 31.7 Å². The van der Waals surface area contributed by atoms with Crippen LogP contribution in [0.3, 0.4) is 0 Å². The summed E-state index contributed by atoms with van der Waals surface area (Å²) < 4.78 is 44.2. The van der Waals surface area contributed by atoms with Crippen molar-refractivity contribution in [2.75, 3.05) is 25.1 Å². The zero-order valence-corrected chi connectivity index (χ0v) is 9.55. The maximum absolute atomic E-state index is 13.5. The molecular weight excluding hydrogens is 231 g/mol. The number of halogens is 3. The van der Waals surface area contributed by atoms with Gasteiger partial charge in [-0.05, 0) is 12.1 Å². The molecule has 0 unspecified atom stereocenters. The molecule has 1 aliphatic heterocycles. The van der Waals surface area contributed by atoms with E-state index in [4.69, 9.17) is 4.74 Å². The average molecular weight is 245 g/mol. The van der Waals surface area contributed by atoms with Gasteiger partial charge in [0.1, 0.15) is 0 Å². The Morgan fingerprint density at radius 2 is 1.88 bits per heavy atom. The molecule has 5 heteroatoms. The fraction of sp³-hybridized carbons (Fsp3) is 0.500. The van der Waals surface area contributed by atoms with Crippen LogP contribution in [0.1, 0.15) is 12.8 Å². The normalized spacial score (nSPS) is 19.2. The first-order chi connectivity index (χ1) is 8.02. The van der Waals surface area contributed by atoms with Gasteiger partial charge in [0.05, 0.1) is 7.11 Å². The molecule has 0 saturated carbocycles. The lowest BCUT2D eigenvalue weighted by molar-refractivity contribution is -0.0220. The standard InChI is InChI=1S/C12H14F3NO/c1-17-11-3-2-9(8-10(11)13)16-6-4-12(14,15)5-7-16/h2-3,8H,4-7H2,1H3. The van der Waals surface area contributed by atoms with E-state index in [0.717, 1.165) is 0 Å². The van der Waals surface area contributed by atoms with Gasteiger partial charge in [0.25, 0.3) is 5.92 Å². The molecule has 17 heavy (non-hydrogen) atoms. The minimum atomic E-state index is -2.58. The van der Waals surface area contributed by atoms with Crippen LogP contribution in [0, 0.1) is 5.82 Å². The summed E-state index contributed by atoms with van der Waals surface area (Å²) in [6.07, 6.45) is -0.360. The number of nitrogens with zero attached hydrogens (tertiary/aromatic N) is 1. The van der Waals surface area contributed by atoms with E-state index in [1.807, 2.05) is 0 Å². The van der Waals surface area contributed by atoms with Crippen LogP contribution in [0.4, 0.5) is 18.9 Å². The monoisotopic (exact) mass is 245 g/mol. The molecule has 1 aliphatic rings. The Morgan fingerprint density at radius 1 is 1.24 bits per heavy atom. The van der Waals surface area contributed by atoms with Crippen LogP contribution in [-0.4, -0.2) is 26.1 Å². The van der Waals surface area contributed by atoms with Gasteiger partial charge in [-0.25, -0.2) is 13.2 Å². The number of anilines is 1. The number of piperidine rings is 1. The van der Waals surface area contributed by atoms with Gasteiger partial charge in [-0.15, -0.1) is 0 Å². The van der Waals surface area contributed by atoms with Crippen molar-refractivity contribution in [3.63, 3.8) is 0 Å². The second kappa shape index (κ2) is 4.47. The largest absolute Gasteiger partial charge is 0.494 e. The smallest absolute Gasteiger partial charge is 0.251 e. The van der Waals surface area contributed by atoms with Crippen LogP contribution < -0.4 is 9.64 Å². The highest BCUT2D eigenvalue weighted by molar-refractivity contribution is 5.50. The summed E-state index contributed by atoms with van der Waals surface area (Å²) in [6, 6.07) is 4.52. The Hall–Kier alpha value is -1.39. The van der Waals surface area contributed by atoms with Gasteiger partial charge in [-0.3, -0.25) is 0 Å². The summed E-state index contributed by atoms with van der Waals surface area (Å²) in [5, 5.41) is 0. The summed E-state index contributed by atoms with van der Waals surface area (Å²) in [6.45, 7) is 0.498. The third-order valence-electron chi connectivity index (χ3n) is 3.00. The topological polar surface area (TPSA) is 12.5 Å². The molecule has 0 spiro atoms. The quantitative estimate of drug-likeness (QED) is 0.794. The highest BCUT2D eigenvalue weighted by Gasteiger charge is 2.34. The lowest BCUT2D eigenvalue weighted by Gasteiger charge is -2.33. The van der Waals surface area contributed by atoms with E-state index < -0.39 is 11.7 Å². The van der Waals surface area contributed by atoms with E-state index in [2.05, 4.69) is 0 Å². The summed E-state index contributed by atoms with van der Waals surface area (Å²) in [7, 11) is 1.39.